The molecule has 0 saturated heterocycles. The first-order valence-electron chi connectivity index (χ1n) is 8.48. The van der Waals surface area contributed by atoms with Crippen molar-refractivity contribution >= 4 is 44.7 Å². The van der Waals surface area contributed by atoms with Gasteiger partial charge in [-0.25, -0.2) is 4.98 Å². The molecule has 3 aromatic rings. The molecule has 0 bridgehead atoms. The summed E-state index contributed by atoms with van der Waals surface area (Å²) >= 11 is 7.26. The lowest BCUT2D eigenvalue weighted by Crippen LogP contribution is -2.20. The highest BCUT2D eigenvalue weighted by atomic mass is 35.5. The van der Waals surface area contributed by atoms with Crippen LogP contribution < -0.4 is 10.9 Å². The Labute approximate surface area is 160 Å². The summed E-state index contributed by atoms with van der Waals surface area (Å²) in [7, 11) is 0. The van der Waals surface area contributed by atoms with Crippen molar-refractivity contribution in [3.05, 3.63) is 55.9 Å². The second-order valence-electron chi connectivity index (χ2n) is 6.25. The molecule has 7 heteroatoms. The second kappa shape index (κ2) is 7.60. The molecule has 0 fully saturated rings. The minimum atomic E-state index is -0.254. The van der Waals surface area contributed by atoms with Crippen LogP contribution in [-0.2, 0) is 6.54 Å². The first kappa shape index (κ1) is 18.6. The number of unbranched alkanes of at least 4 members (excludes halogenated alkanes) is 1. The third kappa shape index (κ3) is 3.52. The highest BCUT2D eigenvalue weighted by Crippen LogP contribution is 2.28. The van der Waals surface area contributed by atoms with Crippen LogP contribution in [0.5, 0.6) is 0 Å². The third-order valence-electron chi connectivity index (χ3n) is 4.32. The van der Waals surface area contributed by atoms with E-state index in [0.717, 1.165) is 18.4 Å². The first-order valence-corrected chi connectivity index (χ1v) is 9.67. The standard InChI is InChI=1S/C19H20ClN3O2S/c1-4-5-8-23-10-21-18-15(19(23)25)12(3)16(26-18)17(24)22-14-9-13(20)7-6-11(14)2/h6-7,9-10H,4-5,8H2,1-3H3,(H,22,24). The van der Waals surface area contributed by atoms with Gasteiger partial charge in [0.15, 0.2) is 0 Å². The molecule has 0 saturated carbocycles. The Morgan fingerprint density at radius 2 is 2.12 bits per heavy atom. The van der Waals surface area contributed by atoms with E-state index in [1.807, 2.05) is 13.0 Å². The summed E-state index contributed by atoms with van der Waals surface area (Å²) in [5, 5.41) is 3.97. The monoisotopic (exact) mass is 389 g/mol. The fourth-order valence-corrected chi connectivity index (χ4v) is 3.98. The van der Waals surface area contributed by atoms with Crippen LogP contribution in [0.3, 0.4) is 0 Å². The molecular weight excluding hydrogens is 370 g/mol. The molecular formula is C19H20ClN3O2S. The predicted molar refractivity (Wildman–Crippen MR) is 108 cm³/mol. The van der Waals surface area contributed by atoms with Crippen LogP contribution in [-0.4, -0.2) is 15.5 Å². The number of thiophene rings is 1. The number of benzene rings is 1. The smallest absolute Gasteiger partial charge is 0.266 e. The van der Waals surface area contributed by atoms with Crippen molar-refractivity contribution in [2.24, 2.45) is 0 Å². The van der Waals surface area contributed by atoms with Gasteiger partial charge < -0.3 is 5.32 Å². The topological polar surface area (TPSA) is 64.0 Å². The van der Waals surface area contributed by atoms with Gasteiger partial charge in [-0.3, -0.25) is 14.2 Å². The Bertz CT molecular complexity index is 1040. The fourth-order valence-electron chi connectivity index (χ4n) is 2.77. The van der Waals surface area contributed by atoms with Crippen molar-refractivity contribution in [1.29, 1.82) is 0 Å². The Kier molecular flexibility index (Phi) is 5.44. The third-order valence-corrected chi connectivity index (χ3v) is 5.76. The van der Waals surface area contributed by atoms with E-state index in [4.69, 9.17) is 11.6 Å². The highest BCUT2D eigenvalue weighted by Gasteiger charge is 2.20. The van der Waals surface area contributed by atoms with E-state index in [1.165, 1.54) is 11.3 Å². The number of hydrogen-bond acceptors (Lipinski definition) is 4. The highest BCUT2D eigenvalue weighted by molar-refractivity contribution is 7.20. The lowest BCUT2D eigenvalue weighted by Gasteiger charge is -2.08. The minimum absolute atomic E-state index is 0.0878. The van der Waals surface area contributed by atoms with Crippen LogP contribution in [0.15, 0.2) is 29.3 Å². The second-order valence-corrected chi connectivity index (χ2v) is 7.68. The zero-order valence-electron chi connectivity index (χ0n) is 14.9. The Hall–Kier alpha value is -2.18. The zero-order chi connectivity index (χ0) is 18.8. The predicted octanol–water partition coefficient (Wildman–Crippen LogP) is 4.78. The SMILES string of the molecule is CCCCn1cnc2sc(C(=O)Nc3cc(Cl)ccc3C)c(C)c2c1=O. The summed E-state index contributed by atoms with van der Waals surface area (Å²) in [6, 6.07) is 5.34. The van der Waals surface area contributed by atoms with Gasteiger partial charge in [0.2, 0.25) is 0 Å². The van der Waals surface area contributed by atoms with Gasteiger partial charge >= 0.3 is 0 Å². The van der Waals surface area contributed by atoms with Gasteiger partial charge in [0, 0.05) is 17.3 Å². The number of nitrogens with zero attached hydrogens (tertiary/aromatic N) is 2. The number of aromatic nitrogens is 2. The van der Waals surface area contributed by atoms with Crippen LogP contribution >= 0.6 is 22.9 Å². The van der Waals surface area contributed by atoms with Gasteiger partial charge in [-0.2, -0.15) is 0 Å². The summed E-state index contributed by atoms with van der Waals surface area (Å²) in [6.07, 6.45) is 3.48. The quantitative estimate of drug-likeness (QED) is 0.682. The van der Waals surface area contributed by atoms with Gasteiger partial charge in [0.1, 0.15) is 4.83 Å². The van der Waals surface area contributed by atoms with E-state index >= 15 is 0 Å². The molecule has 2 heterocycles. The van der Waals surface area contributed by atoms with Crippen molar-refractivity contribution < 1.29 is 4.79 Å². The van der Waals surface area contributed by atoms with Crippen molar-refractivity contribution in [2.45, 2.75) is 40.2 Å². The van der Waals surface area contributed by atoms with E-state index in [-0.39, 0.29) is 11.5 Å². The van der Waals surface area contributed by atoms with Gasteiger partial charge in [0.25, 0.3) is 11.5 Å². The molecule has 0 radical (unpaired) electrons. The molecule has 0 unspecified atom stereocenters. The van der Waals surface area contributed by atoms with Crippen molar-refractivity contribution in [3.8, 4) is 0 Å². The lowest BCUT2D eigenvalue weighted by molar-refractivity contribution is 0.103. The molecule has 1 amide bonds. The molecule has 26 heavy (non-hydrogen) atoms. The number of fused-ring (bicyclic) bond motifs is 1. The van der Waals surface area contributed by atoms with Crippen molar-refractivity contribution in [1.82, 2.24) is 9.55 Å². The maximum absolute atomic E-state index is 12.8. The number of anilines is 1. The van der Waals surface area contributed by atoms with Gasteiger partial charge in [-0.1, -0.05) is 31.0 Å². The summed E-state index contributed by atoms with van der Waals surface area (Å²) in [5.74, 6) is -0.254. The molecule has 0 aliphatic carbocycles. The largest absolute Gasteiger partial charge is 0.321 e. The van der Waals surface area contributed by atoms with Crippen molar-refractivity contribution in [3.63, 3.8) is 0 Å². The molecule has 0 aliphatic rings. The summed E-state index contributed by atoms with van der Waals surface area (Å²) < 4.78 is 1.62. The van der Waals surface area contributed by atoms with Crippen LogP contribution in [0.25, 0.3) is 10.2 Å². The zero-order valence-corrected chi connectivity index (χ0v) is 16.5. The average Bonchev–Trinajstić information content (AvgIpc) is 2.95. The number of carbonyl (C=O) groups is 1. The number of aryl methyl sites for hydroxylation is 3. The maximum Gasteiger partial charge on any atom is 0.266 e. The van der Waals surface area contributed by atoms with E-state index in [2.05, 4.69) is 17.2 Å². The minimum Gasteiger partial charge on any atom is -0.321 e. The first-order chi connectivity index (χ1) is 12.4. The van der Waals surface area contributed by atoms with E-state index < -0.39 is 0 Å². The number of carbonyl (C=O) groups excluding carboxylic acids is 1. The molecule has 1 aromatic carbocycles. The lowest BCUT2D eigenvalue weighted by atomic mass is 10.1. The van der Waals surface area contributed by atoms with Crippen LogP contribution in [0.4, 0.5) is 5.69 Å². The molecule has 136 valence electrons. The number of hydrogen-bond donors (Lipinski definition) is 1. The van der Waals surface area contributed by atoms with E-state index in [9.17, 15) is 9.59 Å². The maximum atomic E-state index is 12.8. The van der Waals surface area contributed by atoms with Crippen LogP contribution in [0.1, 0.15) is 40.6 Å². The number of halogens is 1. The fraction of sp³-hybridized carbons (Fsp3) is 0.316. The van der Waals surface area contributed by atoms with Gasteiger partial charge in [-0.05, 0) is 43.5 Å². The van der Waals surface area contributed by atoms with Crippen LogP contribution in [0, 0.1) is 13.8 Å². The van der Waals surface area contributed by atoms with E-state index in [0.29, 0.717) is 37.9 Å². The normalized spacial score (nSPS) is 11.1. The van der Waals surface area contributed by atoms with Gasteiger partial charge in [-0.15, -0.1) is 11.3 Å². The number of amides is 1. The number of rotatable bonds is 5. The molecule has 1 N–H and O–H groups in total. The molecule has 0 spiro atoms. The van der Waals surface area contributed by atoms with Crippen molar-refractivity contribution in [2.75, 3.05) is 5.32 Å². The molecule has 0 aliphatic heterocycles. The molecule has 0 atom stereocenters. The molecule has 2 aromatic heterocycles. The Balaban J connectivity index is 1.99. The van der Waals surface area contributed by atoms with E-state index in [1.54, 1.807) is 30.0 Å². The molecule has 5 nitrogen and oxygen atoms in total. The summed E-state index contributed by atoms with van der Waals surface area (Å²) in [4.78, 5) is 31.0. The van der Waals surface area contributed by atoms with Gasteiger partial charge in [0.05, 0.1) is 16.6 Å². The number of nitrogens with one attached hydrogen (secondary N) is 1. The summed E-state index contributed by atoms with van der Waals surface area (Å²) in [5.41, 5.74) is 2.16. The van der Waals surface area contributed by atoms with Crippen LogP contribution in [0.2, 0.25) is 5.02 Å². The average molecular weight is 390 g/mol. The Morgan fingerprint density at radius 1 is 1.35 bits per heavy atom. The molecule has 3 rings (SSSR count). The Morgan fingerprint density at radius 3 is 2.85 bits per heavy atom. The summed E-state index contributed by atoms with van der Waals surface area (Å²) in [6.45, 7) is 6.41.